The van der Waals surface area contributed by atoms with Crippen molar-refractivity contribution < 1.29 is 13.5 Å². The second-order valence-electron chi connectivity index (χ2n) is 5.82. The van der Waals surface area contributed by atoms with Gasteiger partial charge in [0.15, 0.2) is 0 Å². The van der Waals surface area contributed by atoms with Gasteiger partial charge in [0.25, 0.3) is 0 Å². The van der Waals surface area contributed by atoms with Gasteiger partial charge in [0.05, 0.1) is 11.0 Å². The molecule has 4 nitrogen and oxygen atoms in total. The molecule has 0 aliphatic heterocycles. The Labute approximate surface area is 127 Å². The molecule has 0 spiro atoms. The molecule has 1 aliphatic rings. The zero-order valence-electron chi connectivity index (χ0n) is 12.6. The van der Waals surface area contributed by atoms with Gasteiger partial charge in [0.2, 0.25) is 10.0 Å². The monoisotopic (exact) mass is 311 g/mol. The van der Waals surface area contributed by atoms with E-state index in [1.807, 2.05) is 19.1 Å². The number of aliphatic hydroxyl groups is 1. The van der Waals surface area contributed by atoms with Crippen LogP contribution in [0.4, 0.5) is 0 Å². The molecule has 2 rings (SSSR count). The van der Waals surface area contributed by atoms with Crippen LogP contribution in [0.25, 0.3) is 0 Å². The minimum absolute atomic E-state index is 0.0587. The van der Waals surface area contributed by atoms with Crippen molar-refractivity contribution in [3.63, 3.8) is 0 Å². The van der Waals surface area contributed by atoms with E-state index in [0.29, 0.717) is 12.3 Å². The lowest BCUT2D eigenvalue weighted by atomic mass is 9.84. The molecule has 0 aromatic heterocycles. The highest BCUT2D eigenvalue weighted by molar-refractivity contribution is 7.89. The molecule has 0 bridgehead atoms. The van der Waals surface area contributed by atoms with E-state index >= 15 is 0 Å². The van der Waals surface area contributed by atoms with E-state index in [9.17, 15) is 13.5 Å². The van der Waals surface area contributed by atoms with E-state index in [-0.39, 0.29) is 11.4 Å². The molecule has 1 unspecified atom stereocenters. The Bertz CT molecular complexity index is 533. The number of hydrogen-bond acceptors (Lipinski definition) is 3. The maximum atomic E-state index is 12.1. The predicted octanol–water partition coefficient (Wildman–Crippen LogP) is 2.78. The summed E-state index contributed by atoms with van der Waals surface area (Å²) in [7, 11) is -3.52. The van der Waals surface area contributed by atoms with Gasteiger partial charge >= 0.3 is 0 Å². The zero-order chi connectivity index (χ0) is 15.3. The highest BCUT2D eigenvalue weighted by Crippen LogP contribution is 2.32. The summed E-state index contributed by atoms with van der Waals surface area (Å²) in [5.41, 5.74) is 1.24. The van der Waals surface area contributed by atoms with Crippen molar-refractivity contribution in [3.05, 3.63) is 29.8 Å². The molecular formula is C16H25NO3S. The lowest BCUT2D eigenvalue weighted by Crippen LogP contribution is -2.31. The number of nitrogens with one attached hydrogen (secondary N) is 1. The van der Waals surface area contributed by atoms with Crippen molar-refractivity contribution >= 4 is 10.0 Å². The van der Waals surface area contributed by atoms with E-state index in [2.05, 4.69) is 4.72 Å². The molecule has 1 aliphatic carbocycles. The first-order valence-electron chi connectivity index (χ1n) is 7.80. The Kier molecular flexibility index (Phi) is 5.79. The summed E-state index contributed by atoms with van der Waals surface area (Å²) in [6.45, 7) is 1.88. The highest BCUT2D eigenvalue weighted by atomic mass is 32.2. The topological polar surface area (TPSA) is 66.4 Å². The van der Waals surface area contributed by atoms with Gasteiger partial charge in [-0.15, -0.1) is 0 Å². The fraction of sp³-hybridized carbons (Fsp3) is 0.625. The lowest BCUT2D eigenvalue weighted by Gasteiger charge is -2.22. The lowest BCUT2D eigenvalue weighted by molar-refractivity contribution is 0.174. The van der Waals surface area contributed by atoms with Gasteiger partial charge in [0, 0.05) is 6.54 Å². The van der Waals surface area contributed by atoms with Gasteiger partial charge in [-0.25, -0.2) is 13.1 Å². The fourth-order valence-corrected chi connectivity index (χ4v) is 3.86. The van der Waals surface area contributed by atoms with E-state index in [0.717, 1.165) is 0 Å². The Hall–Kier alpha value is -0.910. The molecule has 0 heterocycles. The summed E-state index contributed by atoms with van der Waals surface area (Å²) in [5.74, 6) is 0.574. The normalized spacial score (nSPS) is 18.6. The van der Waals surface area contributed by atoms with Crippen LogP contribution in [0, 0.1) is 0 Å². The van der Waals surface area contributed by atoms with Gasteiger partial charge in [-0.1, -0.05) is 38.3 Å². The fourth-order valence-electron chi connectivity index (χ4n) is 2.79. The standard InChI is InChI=1S/C16H25NO3S/c1-2-15(18)12-17-21(19,20)16-10-8-14(9-11-16)13-6-4-3-5-7-13/h8-11,13,15,17-18H,2-7,12H2,1H3. The SMILES string of the molecule is CCC(O)CNS(=O)(=O)c1ccc(C2CCCCC2)cc1. The summed E-state index contributed by atoms with van der Waals surface area (Å²) in [5, 5.41) is 9.46. The van der Waals surface area contributed by atoms with Crippen LogP contribution in [0.3, 0.4) is 0 Å². The molecule has 1 saturated carbocycles. The molecule has 1 atom stereocenters. The number of hydrogen-bond donors (Lipinski definition) is 2. The van der Waals surface area contributed by atoms with Gasteiger partial charge < -0.3 is 5.11 Å². The third-order valence-electron chi connectivity index (χ3n) is 4.25. The third-order valence-corrected chi connectivity index (χ3v) is 5.69. The molecule has 1 aromatic rings. The first-order valence-corrected chi connectivity index (χ1v) is 9.29. The van der Waals surface area contributed by atoms with Gasteiger partial charge in [0.1, 0.15) is 0 Å². The minimum atomic E-state index is -3.52. The van der Waals surface area contributed by atoms with Crippen molar-refractivity contribution in [1.82, 2.24) is 4.72 Å². The molecule has 2 N–H and O–H groups in total. The van der Waals surface area contributed by atoms with Crippen LogP contribution in [0.2, 0.25) is 0 Å². The molecule has 0 radical (unpaired) electrons. The van der Waals surface area contributed by atoms with E-state index in [1.165, 1.54) is 37.7 Å². The van der Waals surface area contributed by atoms with Gasteiger partial charge in [-0.05, 0) is 42.9 Å². The van der Waals surface area contributed by atoms with Crippen LogP contribution >= 0.6 is 0 Å². The van der Waals surface area contributed by atoms with Crippen molar-refractivity contribution in [3.8, 4) is 0 Å². The van der Waals surface area contributed by atoms with Crippen molar-refractivity contribution in [1.29, 1.82) is 0 Å². The van der Waals surface area contributed by atoms with Crippen molar-refractivity contribution in [2.75, 3.05) is 6.54 Å². The van der Waals surface area contributed by atoms with Gasteiger partial charge in [-0.3, -0.25) is 0 Å². The predicted molar refractivity (Wildman–Crippen MR) is 83.8 cm³/mol. The Morgan fingerprint density at radius 1 is 1.19 bits per heavy atom. The quantitative estimate of drug-likeness (QED) is 0.849. The first-order chi connectivity index (χ1) is 10.0. The molecule has 1 aromatic carbocycles. The van der Waals surface area contributed by atoms with Crippen LogP contribution in [-0.2, 0) is 10.0 Å². The van der Waals surface area contributed by atoms with Gasteiger partial charge in [-0.2, -0.15) is 0 Å². The van der Waals surface area contributed by atoms with E-state index in [1.54, 1.807) is 12.1 Å². The summed E-state index contributed by atoms with van der Waals surface area (Å²) in [6, 6.07) is 7.21. The van der Waals surface area contributed by atoms with E-state index < -0.39 is 16.1 Å². The maximum absolute atomic E-state index is 12.1. The zero-order valence-corrected chi connectivity index (χ0v) is 13.4. The molecule has 21 heavy (non-hydrogen) atoms. The number of benzene rings is 1. The van der Waals surface area contributed by atoms with Crippen LogP contribution < -0.4 is 4.72 Å². The molecule has 0 saturated heterocycles. The molecular weight excluding hydrogens is 286 g/mol. The Morgan fingerprint density at radius 3 is 2.38 bits per heavy atom. The summed E-state index contributed by atoms with van der Waals surface area (Å²) < 4.78 is 26.7. The second-order valence-corrected chi connectivity index (χ2v) is 7.58. The smallest absolute Gasteiger partial charge is 0.240 e. The number of rotatable bonds is 6. The van der Waals surface area contributed by atoms with E-state index in [4.69, 9.17) is 0 Å². The molecule has 118 valence electrons. The molecule has 0 amide bonds. The minimum Gasteiger partial charge on any atom is -0.392 e. The number of sulfonamides is 1. The van der Waals surface area contributed by atoms with Crippen LogP contribution in [-0.4, -0.2) is 26.2 Å². The highest BCUT2D eigenvalue weighted by Gasteiger charge is 2.18. The Morgan fingerprint density at radius 2 is 1.81 bits per heavy atom. The molecule has 5 heteroatoms. The summed E-state index contributed by atoms with van der Waals surface area (Å²) in [6.07, 6.45) is 6.14. The summed E-state index contributed by atoms with van der Waals surface area (Å²) >= 11 is 0. The molecule has 1 fully saturated rings. The Balaban J connectivity index is 2.03. The van der Waals surface area contributed by atoms with Crippen LogP contribution in [0.1, 0.15) is 56.9 Å². The summed E-state index contributed by atoms with van der Waals surface area (Å²) in [4.78, 5) is 0.269. The average molecular weight is 311 g/mol. The maximum Gasteiger partial charge on any atom is 0.240 e. The second kappa shape index (κ2) is 7.38. The average Bonchev–Trinajstić information content (AvgIpc) is 2.53. The number of aliphatic hydroxyl groups excluding tert-OH is 1. The van der Waals surface area contributed by atoms with Crippen LogP contribution in [0.5, 0.6) is 0 Å². The van der Waals surface area contributed by atoms with Crippen molar-refractivity contribution in [2.45, 2.75) is 62.4 Å². The van der Waals surface area contributed by atoms with Crippen LogP contribution in [0.15, 0.2) is 29.2 Å². The third kappa shape index (κ3) is 4.53. The first kappa shape index (κ1) is 16.5. The van der Waals surface area contributed by atoms with Crippen molar-refractivity contribution in [2.24, 2.45) is 0 Å². The largest absolute Gasteiger partial charge is 0.392 e.